The number of ketones is 1. The molecule has 176 valence electrons. The van der Waals surface area contributed by atoms with Gasteiger partial charge in [-0.1, -0.05) is 60.7 Å². The van der Waals surface area contributed by atoms with Gasteiger partial charge in [0.25, 0.3) is 0 Å². The number of hydrogen-bond donors (Lipinski definition) is 0. The van der Waals surface area contributed by atoms with Crippen molar-refractivity contribution in [3.63, 3.8) is 0 Å². The van der Waals surface area contributed by atoms with Crippen molar-refractivity contribution < 1.29 is 23.9 Å². The van der Waals surface area contributed by atoms with Gasteiger partial charge >= 0.3 is 5.97 Å². The number of Topliss-reactive ketones (excluding diaryl/α,β-unsaturated/α-hetero) is 1. The number of imide groups is 1. The van der Waals surface area contributed by atoms with Crippen LogP contribution in [0.25, 0.3) is 0 Å². The zero-order chi connectivity index (χ0) is 24.4. The van der Waals surface area contributed by atoms with E-state index in [2.05, 4.69) is 12.1 Å². The third-order valence-corrected chi connectivity index (χ3v) is 6.99. The molecule has 0 bridgehead atoms. The minimum absolute atomic E-state index is 0.171. The maximum absolute atomic E-state index is 13.2. The molecule has 3 unspecified atom stereocenters. The number of carbonyl (C=O) groups is 4. The van der Waals surface area contributed by atoms with E-state index in [1.807, 2.05) is 18.2 Å². The number of amides is 2. The molecule has 1 aliphatic carbocycles. The van der Waals surface area contributed by atoms with Crippen molar-refractivity contribution >= 4 is 29.3 Å². The topological polar surface area (TPSA) is 80.8 Å². The molecular formula is C29H25NO5. The standard InChI is InChI=1S/C29H25NO5/c31-26(20-9-5-2-6-10-20)18-35-29(34)21-11-14-23(15-12-21)30-27(32)24-16-13-22(17-25(24)28(30)33)19-7-3-1-4-8-19/h1-12,14-15,22,24-25H,13,16-18H2. The molecule has 1 heterocycles. The SMILES string of the molecule is O=C(COC(=O)c1ccc(N2C(=O)C3CCC(c4ccccc4)CC3C2=O)cc1)c1ccccc1. The summed E-state index contributed by atoms with van der Waals surface area (Å²) < 4.78 is 5.15. The number of esters is 1. The van der Waals surface area contributed by atoms with Gasteiger partial charge in [-0.2, -0.15) is 0 Å². The fraction of sp³-hybridized carbons (Fsp3) is 0.241. The predicted molar refractivity (Wildman–Crippen MR) is 130 cm³/mol. The van der Waals surface area contributed by atoms with Crippen molar-refractivity contribution in [1.82, 2.24) is 0 Å². The van der Waals surface area contributed by atoms with E-state index >= 15 is 0 Å². The smallest absolute Gasteiger partial charge is 0.338 e. The number of ether oxygens (including phenoxy) is 1. The molecule has 3 atom stereocenters. The molecule has 1 saturated carbocycles. The first-order valence-corrected chi connectivity index (χ1v) is 11.8. The summed E-state index contributed by atoms with van der Waals surface area (Å²) in [6.45, 7) is -0.361. The number of anilines is 1. The largest absolute Gasteiger partial charge is 0.454 e. The van der Waals surface area contributed by atoms with E-state index in [1.165, 1.54) is 22.6 Å². The van der Waals surface area contributed by atoms with Crippen LogP contribution < -0.4 is 4.90 Å². The second-order valence-corrected chi connectivity index (χ2v) is 9.06. The Balaban J connectivity index is 1.24. The van der Waals surface area contributed by atoms with Crippen LogP contribution in [0, 0.1) is 11.8 Å². The summed E-state index contributed by atoms with van der Waals surface area (Å²) in [4.78, 5) is 52.2. The highest BCUT2D eigenvalue weighted by atomic mass is 16.5. The van der Waals surface area contributed by atoms with E-state index < -0.39 is 5.97 Å². The van der Waals surface area contributed by atoms with E-state index in [0.29, 0.717) is 24.1 Å². The van der Waals surface area contributed by atoms with E-state index in [0.717, 1.165) is 6.42 Å². The molecule has 0 N–H and O–H groups in total. The Hall–Kier alpha value is -4.06. The van der Waals surface area contributed by atoms with Gasteiger partial charge in [0.2, 0.25) is 11.8 Å². The lowest BCUT2D eigenvalue weighted by Crippen LogP contribution is -2.30. The monoisotopic (exact) mass is 467 g/mol. The summed E-state index contributed by atoms with van der Waals surface area (Å²) in [5.41, 5.74) is 2.37. The second kappa shape index (κ2) is 9.66. The Labute approximate surface area is 203 Å². The van der Waals surface area contributed by atoms with Gasteiger partial charge in [-0.15, -0.1) is 0 Å². The van der Waals surface area contributed by atoms with Crippen LogP contribution in [0.4, 0.5) is 5.69 Å². The Kier molecular flexibility index (Phi) is 6.27. The summed E-state index contributed by atoms with van der Waals surface area (Å²) >= 11 is 0. The fourth-order valence-corrected chi connectivity index (χ4v) is 5.13. The molecule has 3 aromatic rings. The number of benzene rings is 3. The minimum atomic E-state index is -0.640. The normalized spacial score (nSPS) is 21.5. The van der Waals surface area contributed by atoms with Crippen LogP contribution in [-0.4, -0.2) is 30.2 Å². The van der Waals surface area contributed by atoms with Gasteiger partial charge < -0.3 is 4.74 Å². The van der Waals surface area contributed by atoms with Crippen molar-refractivity contribution in [3.05, 3.63) is 102 Å². The summed E-state index contributed by atoms with van der Waals surface area (Å²) in [5.74, 6) is -1.63. The first-order chi connectivity index (χ1) is 17.0. The zero-order valence-corrected chi connectivity index (χ0v) is 19.1. The van der Waals surface area contributed by atoms with Crippen molar-refractivity contribution in [2.75, 3.05) is 11.5 Å². The number of nitrogens with zero attached hydrogens (tertiary/aromatic N) is 1. The molecule has 6 nitrogen and oxygen atoms in total. The van der Waals surface area contributed by atoms with Crippen LogP contribution in [0.5, 0.6) is 0 Å². The Morgan fingerprint density at radius 1 is 0.743 bits per heavy atom. The van der Waals surface area contributed by atoms with Gasteiger partial charge in [-0.25, -0.2) is 4.79 Å². The minimum Gasteiger partial charge on any atom is -0.454 e. The first-order valence-electron chi connectivity index (χ1n) is 11.8. The van der Waals surface area contributed by atoms with E-state index in [4.69, 9.17) is 4.74 Å². The highest BCUT2D eigenvalue weighted by Gasteiger charge is 2.50. The molecule has 0 spiro atoms. The molecule has 5 rings (SSSR count). The number of fused-ring (bicyclic) bond motifs is 1. The molecular weight excluding hydrogens is 442 g/mol. The predicted octanol–water partition coefficient (Wildman–Crippen LogP) is 4.80. The molecule has 3 aromatic carbocycles. The lowest BCUT2D eigenvalue weighted by atomic mass is 9.73. The average molecular weight is 468 g/mol. The van der Waals surface area contributed by atoms with Crippen molar-refractivity contribution in [2.45, 2.75) is 25.2 Å². The molecule has 0 aromatic heterocycles. The van der Waals surface area contributed by atoms with Gasteiger partial charge in [0.1, 0.15) is 0 Å². The van der Waals surface area contributed by atoms with Crippen LogP contribution in [0.2, 0.25) is 0 Å². The van der Waals surface area contributed by atoms with Crippen molar-refractivity contribution in [3.8, 4) is 0 Å². The highest BCUT2D eigenvalue weighted by molar-refractivity contribution is 6.22. The Morgan fingerprint density at radius 3 is 2.06 bits per heavy atom. The lowest BCUT2D eigenvalue weighted by Gasteiger charge is -2.28. The van der Waals surface area contributed by atoms with Gasteiger partial charge in [0, 0.05) is 5.56 Å². The van der Waals surface area contributed by atoms with Crippen molar-refractivity contribution in [2.24, 2.45) is 11.8 Å². The lowest BCUT2D eigenvalue weighted by molar-refractivity contribution is -0.122. The van der Waals surface area contributed by atoms with Crippen LogP contribution in [-0.2, 0) is 14.3 Å². The number of rotatable bonds is 6. The van der Waals surface area contributed by atoms with Gasteiger partial charge in [-0.3, -0.25) is 19.3 Å². The van der Waals surface area contributed by atoms with Crippen LogP contribution in [0.15, 0.2) is 84.9 Å². The fourth-order valence-electron chi connectivity index (χ4n) is 5.13. The highest BCUT2D eigenvalue weighted by Crippen LogP contribution is 2.45. The third-order valence-electron chi connectivity index (χ3n) is 6.99. The number of carbonyl (C=O) groups excluding carboxylic acids is 4. The summed E-state index contributed by atoms with van der Waals surface area (Å²) in [5, 5.41) is 0. The van der Waals surface area contributed by atoms with E-state index in [9.17, 15) is 19.2 Å². The maximum Gasteiger partial charge on any atom is 0.338 e. The number of hydrogen-bond acceptors (Lipinski definition) is 5. The molecule has 6 heteroatoms. The Morgan fingerprint density at radius 2 is 1.37 bits per heavy atom. The summed E-state index contributed by atoms with van der Waals surface area (Å²) in [7, 11) is 0. The third kappa shape index (κ3) is 4.52. The van der Waals surface area contributed by atoms with E-state index in [-0.39, 0.29) is 47.5 Å². The van der Waals surface area contributed by atoms with Crippen LogP contribution in [0.1, 0.15) is 51.5 Å². The van der Waals surface area contributed by atoms with Crippen LogP contribution >= 0.6 is 0 Å². The van der Waals surface area contributed by atoms with Gasteiger partial charge in [-0.05, 0) is 55.0 Å². The molecule has 2 aliphatic rings. The quantitative estimate of drug-likeness (QED) is 0.296. The maximum atomic E-state index is 13.2. The van der Waals surface area contributed by atoms with Crippen molar-refractivity contribution in [1.29, 1.82) is 0 Å². The molecule has 1 saturated heterocycles. The Bertz CT molecular complexity index is 1250. The summed E-state index contributed by atoms with van der Waals surface area (Å²) in [6.07, 6.45) is 2.23. The average Bonchev–Trinajstić information content (AvgIpc) is 3.17. The first kappa shape index (κ1) is 22.7. The van der Waals surface area contributed by atoms with Gasteiger partial charge in [0.15, 0.2) is 12.4 Å². The zero-order valence-electron chi connectivity index (χ0n) is 19.1. The molecule has 0 radical (unpaired) electrons. The summed E-state index contributed by atoms with van der Waals surface area (Å²) in [6, 6.07) is 24.9. The van der Waals surface area contributed by atoms with Crippen LogP contribution in [0.3, 0.4) is 0 Å². The molecule has 2 fully saturated rings. The molecule has 2 amide bonds. The molecule has 35 heavy (non-hydrogen) atoms. The van der Waals surface area contributed by atoms with E-state index in [1.54, 1.807) is 42.5 Å². The van der Waals surface area contributed by atoms with Gasteiger partial charge in [0.05, 0.1) is 23.1 Å². The molecule has 1 aliphatic heterocycles. The second-order valence-electron chi connectivity index (χ2n) is 9.06.